The van der Waals surface area contributed by atoms with Gasteiger partial charge in [0.25, 0.3) is 5.89 Å². The predicted octanol–water partition coefficient (Wildman–Crippen LogP) is 2.96. The van der Waals surface area contributed by atoms with Crippen molar-refractivity contribution in [2.75, 3.05) is 18.5 Å². The first-order valence-electron chi connectivity index (χ1n) is 7.08. The fraction of sp³-hybridized carbons (Fsp3) is 0.125. The summed E-state index contributed by atoms with van der Waals surface area (Å²) in [6.07, 6.45) is 0. The van der Waals surface area contributed by atoms with E-state index in [1.165, 1.54) is 0 Å². The zero-order valence-electron chi connectivity index (χ0n) is 12.0. The number of fused-ring (bicyclic) bond motifs is 1. The highest BCUT2D eigenvalue weighted by atomic mass is 16.6. The van der Waals surface area contributed by atoms with Crippen molar-refractivity contribution in [3.05, 3.63) is 42.5 Å². The van der Waals surface area contributed by atoms with E-state index in [0.717, 1.165) is 5.69 Å². The minimum absolute atomic E-state index is 0.0852. The van der Waals surface area contributed by atoms with E-state index >= 15 is 0 Å². The van der Waals surface area contributed by atoms with Gasteiger partial charge in [-0.15, -0.1) is 5.10 Å². The fourth-order valence-electron chi connectivity index (χ4n) is 2.28. The Morgan fingerprint density at radius 3 is 2.65 bits per heavy atom. The third-order valence-electron chi connectivity index (χ3n) is 3.35. The first kappa shape index (κ1) is 13.4. The Kier molecular flexibility index (Phi) is 3.23. The number of nitrogens with zero attached hydrogens (tertiary/aromatic N) is 2. The number of anilines is 2. The fourth-order valence-corrected chi connectivity index (χ4v) is 2.28. The summed E-state index contributed by atoms with van der Waals surface area (Å²) in [5.74, 6) is 1.70. The molecule has 0 fully saturated rings. The number of aromatic nitrogens is 2. The van der Waals surface area contributed by atoms with E-state index in [2.05, 4.69) is 15.5 Å². The van der Waals surface area contributed by atoms with Crippen LogP contribution < -0.4 is 14.8 Å². The van der Waals surface area contributed by atoms with Crippen molar-refractivity contribution in [3.8, 4) is 28.7 Å². The summed E-state index contributed by atoms with van der Waals surface area (Å²) < 4.78 is 16.5. The summed E-state index contributed by atoms with van der Waals surface area (Å²) in [6, 6.07) is 12.5. The van der Waals surface area contributed by atoms with Crippen LogP contribution in [0.15, 0.2) is 46.9 Å². The standard InChI is InChI=1S/C16H13N3O4/c20-12-4-2-1-3-11(12)15-18-19-16(23-15)17-10-5-6-13-14(9-10)22-8-7-21-13/h1-6,9,20H,7-8H2,(H,17,19). The van der Waals surface area contributed by atoms with E-state index in [4.69, 9.17) is 13.9 Å². The largest absolute Gasteiger partial charge is 0.507 e. The second-order valence-electron chi connectivity index (χ2n) is 4.91. The molecule has 2 N–H and O–H groups in total. The normalized spacial score (nSPS) is 12.9. The summed E-state index contributed by atoms with van der Waals surface area (Å²) in [7, 11) is 0. The van der Waals surface area contributed by atoms with Gasteiger partial charge in [-0.25, -0.2) is 0 Å². The molecule has 0 aliphatic carbocycles. The lowest BCUT2D eigenvalue weighted by Gasteiger charge is -2.18. The van der Waals surface area contributed by atoms with Crippen LogP contribution in [0.3, 0.4) is 0 Å². The van der Waals surface area contributed by atoms with Crippen LogP contribution in [0.1, 0.15) is 0 Å². The molecule has 0 saturated carbocycles. The summed E-state index contributed by atoms with van der Waals surface area (Å²) in [5.41, 5.74) is 1.22. The molecule has 23 heavy (non-hydrogen) atoms. The van der Waals surface area contributed by atoms with Crippen LogP contribution in [0, 0.1) is 0 Å². The Balaban J connectivity index is 1.57. The van der Waals surface area contributed by atoms with Crippen LogP contribution in [0.4, 0.5) is 11.7 Å². The number of rotatable bonds is 3. The molecule has 2 aromatic carbocycles. The van der Waals surface area contributed by atoms with E-state index < -0.39 is 0 Å². The van der Waals surface area contributed by atoms with Crippen LogP contribution in [-0.4, -0.2) is 28.5 Å². The molecule has 3 aromatic rings. The number of phenolic OH excluding ortho intramolecular Hbond substituents is 1. The van der Waals surface area contributed by atoms with Crippen molar-refractivity contribution >= 4 is 11.7 Å². The van der Waals surface area contributed by atoms with Gasteiger partial charge in [0.2, 0.25) is 0 Å². The molecule has 0 spiro atoms. The first-order chi connectivity index (χ1) is 11.3. The second-order valence-corrected chi connectivity index (χ2v) is 4.91. The summed E-state index contributed by atoms with van der Waals surface area (Å²) in [5, 5.41) is 20.7. The number of hydrogen-bond acceptors (Lipinski definition) is 7. The van der Waals surface area contributed by atoms with E-state index in [1.54, 1.807) is 30.3 Å². The van der Waals surface area contributed by atoms with Crippen molar-refractivity contribution in [3.63, 3.8) is 0 Å². The van der Waals surface area contributed by atoms with Gasteiger partial charge in [-0.05, 0) is 24.3 Å². The van der Waals surface area contributed by atoms with Gasteiger partial charge in [-0.1, -0.05) is 17.2 Å². The molecule has 0 radical (unpaired) electrons. The topological polar surface area (TPSA) is 89.6 Å². The van der Waals surface area contributed by atoms with Gasteiger partial charge in [0.1, 0.15) is 19.0 Å². The Bertz CT molecular complexity index is 847. The third-order valence-corrected chi connectivity index (χ3v) is 3.35. The van der Waals surface area contributed by atoms with Gasteiger partial charge < -0.3 is 24.3 Å². The quantitative estimate of drug-likeness (QED) is 0.768. The SMILES string of the molecule is Oc1ccccc1-c1nnc(Nc2ccc3c(c2)OCCO3)o1. The maximum absolute atomic E-state index is 9.82. The molecule has 1 aromatic heterocycles. The van der Waals surface area contributed by atoms with Crippen molar-refractivity contribution in [1.29, 1.82) is 0 Å². The zero-order valence-corrected chi connectivity index (χ0v) is 12.0. The van der Waals surface area contributed by atoms with Crippen molar-refractivity contribution in [2.24, 2.45) is 0 Å². The molecule has 1 aliphatic heterocycles. The number of nitrogens with one attached hydrogen (secondary N) is 1. The number of para-hydroxylation sites is 1. The van der Waals surface area contributed by atoms with Crippen LogP contribution in [0.25, 0.3) is 11.5 Å². The summed E-state index contributed by atoms with van der Waals surface area (Å²) in [4.78, 5) is 0. The maximum atomic E-state index is 9.82. The molecule has 7 nitrogen and oxygen atoms in total. The van der Waals surface area contributed by atoms with Gasteiger partial charge in [0, 0.05) is 11.8 Å². The molecule has 7 heteroatoms. The molecular formula is C16H13N3O4. The maximum Gasteiger partial charge on any atom is 0.320 e. The average Bonchev–Trinajstić information content (AvgIpc) is 3.03. The van der Waals surface area contributed by atoms with Gasteiger partial charge >= 0.3 is 6.01 Å². The lowest BCUT2D eigenvalue weighted by molar-refractivity contribution is 0.171. The summed E-state index contributed by atoms with van der Waals surface area (Å²) in [6.45, 7) is 1.07. The lowest BCUT2D eigenvalue weighted by Crippen LogP contribution is -2.15. The number of benzene rings is 2. The number of aromatic hydroxyl groups is 1. The van der Waals surface area contributed by atoms with Crippen molar-refractivity contribution in [2.45, 2.75) is 0 Å². The van der Waals surface area contributed by atoms with E-state index in [9.17, 15) is 5.11 Å². The zero-order chi connectivity index (χ0) is 15.6. The minimum atomic E-state index is 0.0852. The summed E-state index contributed by atoms with van der Waals surface area (Å²) >= 11 is 0. The van der Waals surface area contributed by atoms with Gasteiger partial charge in [0.15, 0.2) is 11.5 Å². The van der Waals surface area contributed by atoms with Gasteiger partial charge in [-0.3, -0.25) is 0 Å². The number of hydrogen-bond donors (Lipinski definition) is 2. The monoisotopic (exact) mass is 311 g/mol. The molecule has 2 heterocycles. The Labute approximate surface area is 131 Å². The Morgan fingerprint density at radius 1 is 0.957 bits per heavy atom. The highest BCUT2D eigenvalue weighted by molar-refractivity contribution is 5.63. The van der Waals surface area contributed by atoms with E-state index in [1.807, 2.05) is 12.1 Å². The molecule has 4 rings (SSSR count). The van der Waals surface area contributed by atoms with Crippen LogP contribution in [0.5, 0.6) is 17.2 Å². The molecule has 0 saturated heterocycles. The smallest absolute Gasteiger partial charge is 0.320 e. The van der Waals surface area contributed by atoms with Crippen molar-refractivity contribution < 1.29 is 19.0 Å². The molecular weight excluding hydrogens is 298 g/mol. The third kappa shape index (κ3) is 2.64. The first-order valence-corrected chi connectivity index (χ1v) is 7.08. The van der Waals surface area contributed by atoms with Crippen molar-refractivity contribution in [1.82, 2.24) is 10.2 Å². The van der Waals surface area contributed by atoms with Crippen LogP contribution in [-0.2, 0) is 0 Å². The van der Waals surface area contributed by atoms with Crippen LogP contribution >= 0.6 is 0 Å². The Hall–Kier alpha value is -3.22. The molecule has 0 atom stereocenters. The van der Waals surface area contributed by atoms with E-state index in [-0.39, 0.29) is 17.7 Å². The highest BCUT2D eigenvalue weighted by Crippen LogP contribution is 2.34. The number of ether oxygens (including phenoxy) is 2. The molecule has 1 aliphatic rings. The molecule has 0 amide bonds. The van der Waals surface area contributed by atoms with Crippen LogP contribution in [0.2, 0.25) is 0 Å². The minimum Gasteiger partial charge on any atom is -0.507 e. The van der Waals surface area contributed by atoms with E-state index in [0.29, 0.717) is 30.3 Å². The predicted molar refractivity (Wildman–Crippen MR) is 82.1 cm³/mol. The molecule has 0 unspecified atom stereocenters. The van der Waals surface area contributed by atoms with Gasteiger partial charge in [0.05, 0.1) is 5.56 Å². The lowest BCUT2D eigenvalue weighted by atomic mass is 10.2. The second kappa shape index (κ2) is 5.53. The number of phenols is 1. The van der Waals surface area contributed by atoms with Gasteiger partial charge in [-0.2, -0.15) is 0 Å². The Morgan fingerprint density at radius 2 is 1.78 bits per heavy atom. The average molecular weight is 311 g/mol. The molecule has 116 valence electrons. The highest BCUT2D eigenvalue weighted by Gasteiger charge is 2.14. The molecule has 0 bridgehead atoms.